The Morgan fingerprint density at radius 2 is 1.79 bits per heavy atom. The lowest BCUT2D eigenvalue weighted by Crippen LogP contribution is -2.51. The minimum Gasteiger partial charge on any atom is -0.355 e. The summed E-state index contributed by atoms with van der Waals surface area (Å²) in [5, 5.41) is 6.95. The summed E-state index contributed by atoms with van der Waals surface area (Å²) in [6, 6.07) is 1.16. The van der Waals surface area contributed by atoms with E-state index in [0.717, 1.165) is 43.2 Å². The number of amides is 1. The van der Waals surface area contributed by atoms with Crippen LogP contribution in [0.2, 0.25) is 0 Å². The van der Waals surface area contributed by atoms with E-state index >= 15 is 0 Å². The van der Waals surface area contributed by atoms with E-state index < -0.39 is 17.8 Å². The van der Waals surface area contributed by atoms with Crippen molar-refractivity contribution in [2.24, 2.45) is 29.1 Å². The molecule has 6 rings (SSSR count). The van der Waals surface area contributed by atoms with Gasteiger partial charge in [-0.15, -0.1) is 0 Å². The quantitative estimate of drug-likeness (QED) is 0.737. The molecular formula is C22H30F3N3O. The number of nitrogens with zero attached hydrogens (tertiary/aromatic N) is 2. The van der Waals surface area contributed by atoms with Gasteiger partial charge in [0.05, 0.1) is 12.5 Å². The van der Waals surface area contributed by atoms with Crippen molar-refractivity contribution in [3.05, 3.63) is 17.5 Å². The maximum absolute atomic E-state index is 13.1. The van der Waals surface area contributed by atoms with Crippen molar-refractivity contribution in [2.75, 3.05) is 6.54 Å². The van der Waals surface area contributed by atoms with Gasteiger partial charge in [0.2, 0.25) is 5.91 Å². The third kappa shape index (κ3) is 3.81. The van der Waals surface area contributed by atoms with E-state index in [-0.39, 0.29) is 23.8 Å². The van der Waals surface area contributed by atoms with Crippen molar-refractivity contribution in [1.82, 2.24) is 15.1 Å². The molecule has 5 aliphatic rings. The second-order valence-electron chi connectivity index (χ2n) is 10.4. The summed E-state index contributed by atoms with van der Waals surface area (Å²) >= 11 is 0. The van der Waals surface area contributed by atoms with Gasteiger partial charge in [-0.25, -0.2) is 0 Å². The van der Waals surface area contributed by atoms with Gasteiger partial charge in [-0.2, -0.15) is 18.3 Å². The predicted octanol–water partition coefficient (Wildman–Crippen LogP) is 4.75. The van der Waals surface area contributed by atoms with Crippen LogP contribution in [0.25, 0.3) is 0 Å². The molecule has 0 aromatic carbocycles. The van der Waals surface area contributed by atoms with Crippen LogP contribution in [0.4, 0.5) is 13.2 Å². The number of nitrogens with one attached hydrogen (secondary N) is 1. The van der Waals surface area contributed by atoms with Gasteiger partial charge in [0.15, 0.2) is 5.69 Å². The van der Waals surface area contributed by atoms with E-state index in [1.807, 2.05) is 0 Å². The average molecular weight is 409 g/mol. The Morgan fingerprint density at radius 1 is 1.21 bits per heavy atom. The third-order valence-electron chi connectivity index (χ3n) is 7.79. The molecule has 7 heteroatoms. The Morgan fingerprint density at radius 3 is 2.31 bits per heavy atom. The smallest absolute Gasteiger partial charge is 0.355 e. The molecule has 4 bridgehead atoms. The molecule has 1 heterocycles. The third-order valence-corrected chi connectivity index (χ3v) is 7.79. The van der Waals surface area contributed by atoms with E-state index in [2.05, 4.69) is 10.4 Å². The van der Waals surface area contributed by atoms with Crippen molar-refractivity contribution in [2.45, 2.75) is 76.9 Å². The lowest BCUT2D eigenvalue weighted by atomic mass is 9.49. The van der Waals surface area contributed by atoms with Crippen LogP contribution in [0.1, 0.15) is 75.6 Å². The molecule has 160 valence electrons. The first-order valence-corrected chi connectivity index (χ1v) is 11.1. The standard InChI is InChI=1S/C22H30F3N3O/c1-13(11-28-18(17-2-3-17)7-19(27-28)22(23,24)25)20(29)26-12-21-8-14-4-15(9-21)6-16(5-14)10-21/h7,13-17H,2-6,8-12H2,1H3,(H,26,29). The number of alkyl halides is 3. The molecule has 0 radical (unpaired) electrons. The topological polar surface area (TPSA) is 46.9 Å². The molecule has 0 saturated heterocycles. The normalized spacial score (nSPS) is 34.4. The van der Waals surface area contributed by atoms with Gasteiger partial charge in [0.25, 0.3) is 0 Å². The van der Waals surface area contributed by atoms with Gasteiger partial charge in [0, 0.05) is 18.2 Å². The largest absolute Gasteiger partial charge is 0.435 e. The molecule has 1 aromatic heterocycles. The minimum absolute atomic E-state index is 0.0634. The van der Waals surface area contributed by atoms with Gasteiger partial charge in [-0.3, -0.25) is 9.48 Å². The van der Waals surface area contributed by atoms with Gasteiger partial charge in [-0.1, -0.05) is 6.92 Å². The molecule has 5 saturated carbocycles. The number of aromatic nitrogens is 2. The fourth-order valence-electron chi connectivity index (χ4n) is 6.72. The summed E-state index contributed by atoms with van der Waals surface area (Å²) in [7, 11) is 0. The molecule has 1 amide bonds. The highest BCUT2D eigenvalue weighted by Crippen LogP contribution is 2.59. The summed E-state index contributed by atoms with van der Waals surface area (Å²) < 4.78 is 40.7. The Labute approximate surface area is 169 Å². The number of rotatable bonds is 6. The molecular weight excluding hydrogens is 379 g/mol. The van der Waals surface area contributed by atoms with Crippen LogP contribution in [0, 0.1) is 29.1 Å². The first-order valence-electron chi connectivity index (χ1n) is 11.1. The number of carbonyl (C=O) groups excluding carboxylic acids is 1. The maximum atomic E-state index is 13.1. The molecule has 1 N–H and O–H groups in total. The van der Waals surface area contributed by atoms with Gasteiger partial charge >= 0.3 is 6.18 Å². The highest BCUT2D eigenvalue weighted by molar-refractivity contribution is 5.78. The van der Waals surface area contributed by atoms with Gasteiger partial charge in [-0.05, 0) is 80.6 Å². The first kappa shape index (κ1) is 19.4. The molecule has 1 aromatic rings. The SMILES string of the molecule is CC(Cn1nc(C(F)(F)F)cc1C1CC1)C(=O)NCC12CC3CC(CC(C3)C1)C2. The molecule has 4 nitrogen and oxygen atoms in total. The predicted molar refractivity (Wildman–Crippen MR) is 102 cm³/mol. The Balaban J connectivity index is 1.22. The molecule has 5 aliphatic carbocycles. The highest BCUT2D eigenvalue weighted by Gasteiger charge is 2.50. The van der Waals surface area contributed by atoms with Crippen LogP contribution >= 0.6 is 0 Å². The van der Waals surface area contributed by atoms with E-state index in [0.29, 0.717) is 5.69 Å². The van der Waals surface area contributed by atoms with E-state index in [9.17, 15) is 18.0 Å². The highest BCUT2D eigenvalue weighted by atomic mass is 19.4. The van der Waals surface area contributed by atoms with Crippen LogP contribution in [0.5, 0.6) is 0 Å². The molecule has 5 fully saturated rings. The summed E-state index contributed by atoms with van der Waals surface area (Å²) in [6.45, 7) is 2.72. The van der Waals surface area contributed by atoms with Crippen LogP contribution < -0.4 is 5.32 Å². The second kappa shape index (κ2) is 6.74. The molecule has 1 atom stereocenters. The number of hydrogen-bond acceptors (Lipinski definition) is 2. The average Bonchev–Trinajstić information content (AvgIpc) is 3.38. The summed E-state index contributed by atoms with van der Waals surface area (Å²) in [6.07, 6.45) is 5.15. The van der Waals surface area contributed by atoms with E-state index in [4.69, 9.17) is 0 Å². The fraction of sp³-hybridized carbons (Fsp3) is 0.818. The zero-order valence-corrected chi connectivity index (χ0v) is 17.0. The van der Waals surface area contributed by atoms with Crippen LogP contribution in [0.15, 0.2) is 6.07 Å². The lowest BCUT2D eigenvalue weighted by Gasteiger charge is -2.57. The van der Waals surface area contributed by atoms with Crippen molar-refractivity contribution >= 4 is 5.91 Å². The summed E-state index contributed by atoms with van der Waals surface area (Å²) in [5.41, 5.74) is 0.0389. The first-order chi connectivity index (χ1) is 13.7. The van der Waals surface area contributed by atoms with Gasteiger partial charge in [0.1, 0.15) is 0 Å². The zero-order valence-electron chi connectivity index (χ0n) is 17.0. The summed E-state index contributed by atoms with van der Waals surface area (Å²) in [4.78, 5) is 12.8. The van der Waals surface area contributed by atoms with Crippen molar-refractivity contribution < 1.29 is 18.0 Å². The van der Waals surface area contributed by atoms with Crippen LogP contribution in [-0.2, 0) is 17.5 Å². The molecule has 0 spiro atoms. The Kier molecular flexibility index (Phi) is 4.52. The zero-order chi connectivity index (χ0) is 20.4. The monoisotopic (exact) mass is 409 g/mol. The van der Waals surface area contributed by atoms with E-state index in [1.165, 1.54) is 43.2 Å². The molecule has 29 heavy (non-hydrogen) atoms. The number of halogens is 3. The maximum Gasteiger partial charge on any atom is 0.435 e. The van der Waals surface area contributed by atoms with Crippen LogP contribution in [0.3, 0.4) is 0 Å². The van der Waals surface area contributed by atoms with Crippen molar-refractivity contribution in [3.8, 4) is 0 Å². The number of carbonyl (C=O) groups is 1. The fourth-order valence-corrected chi connectivity index (χ4v) is 6.72. The second-order valence-corrected chi connectivity index (χ2v) is 10.4. The Bertz CT molecular complexity index is 760. The van der Waals surface area contributed by atoms with Crippen molar-refractivity contribution in [3.63, 3.8) is 0 Å². The molecule has 0 aliphatic heterocycles. The lowest BCUT2D eigenvalue weighted by molar-refractivity contribution is -0.141. The molecule has 1 unspecified atom stereocenters. The van der Waals surface area contributed by atoms with Crippen LogP contribution in [-0.4, -0.2) is 22.2 Å². The van der Waals surface area contributed by atoms with Crippen molar-refractivity contribution in [1.29, 1.82) is 0 Å². The Hall–Kier alpha value is -1.53. The van der Waals surface area contributed by atoms with E-state index in [1.54, 1.807) is 6.92 Å². The summed E-state index contributed by atoms with van der Waals surface area (Å²) in [5.74, 6) is 2.19. The number of hydrogen-bond donors (Lipinski definition) is 1. The minimum atomic E-state index is -4.45. The van der Waals surface area contributed by atoms with Gasteiger partial charge < -0.3 is 5.32 Å².